The summed E-state index contributed by atoms with van der Waals surface area (Å²) in [6.07, 6.45) is 11.5. The van der Waals surface area contributed by atoms with Crippen LogP contribution in [0.2, 0.25) is 0 Å². The topological polar surface area (TPSA) is 0 Å². The van der Waals surface area contributed by atoms with Crippen molar-refractivity contribution in [3.05, 3.63) is 35.5 Å². The van der Waals surface area contributed by atoms with Crippen molar-refractivity contribution in [2.24, 2.45) is 11.8 Å². The van der Waals surface area contributed by atoms with Crippen LogP contribution in [0.15, 0.2) is 35.5 Å². The maximum atomic E-state index is 6.23. The standard InChI is InChI=1S/C15H23Cl/c1-11(2)10-15(12(3)13(4)16)14-8-6-5-7-9-14/h6,8-13H,5,7H2,1-4H3/b15-10+/t12?,13-/m1/s1. The monoisotopic (exact) mass is 238 g/mol. The van der Waals surface area contributed by atoms with E-state index in [0.717, 1.165) is 6.42 Å². The first-order valence-electron chi connectivity index (χ1n) is 6.25. The van der Waals surface area contributed by atoms with E-state index in [2.05, 4.69) is 52.0 Å². The van der Waals surface area contributed by atoms with E-state index >= 15 is 0 Å². The molecule has 0 aromatic heterocycles. The molecule has 0 aliphatic heterocycles. The third-order valence-electron chi connectivity index (χ3n) is 3.02. The zero-order chi connectivity index (χ0) is 12.1. The van der Waals surface area contributed by atoms with Gasteiger partial charge in [0.05, 0.1) is 0 Å². The van der Waals surface area contributed by atoms with Crippen LogP contribution in [0.4, 0.5) is 0 Å². The molecule has 0 N–H and O–H groups in total. The van der Waals surface area contributed by atoms with Crippen LogP contribution in [0.1, 0.15) is 40.5 Å². The molecule has 16 heavy (non-hydrogen) atoms. The van der Waals surface area contributed by atoms with Crippen molar-refractivity contribution in [1.82, 2.24) is 0 Å². The minimum absolute atomic E-state index is 0.182. The molecule has 0 bridgehead atoms. The molecular weight excluding hydrogens is 216 g/mol. The van der Waals surface area contributed by atoms with Gasteiger partial charge in [0.1, 0.15) is 0 Å². The van der Waals surface area contributed by atoms with E-state index in [1.54, 1.807) is 0 Å². The molecule has 0 fully saturated rings. The van der Waals surface area contributed by atoms with Gasteiger partial charge in [-0.05, 0) is 42.7 Å². The summed E-state index contributed by atoms with van der Waals surface area (Å²) in [4.78, 5) is 0. The molecule has 0 saturated carbocycles. The minimum Gasteiger partial charge on any atom is -0.123 e. The predicted octanol–water partition coefficient (Wildman–Crippen LogP) is 5.11. The summed E-state index contributed by atoms with van der Waals surface area (Å²) in [5, 5.41) is 0.182. The second-order valence-electron chi connectivity index (χ2n) is 4.97. The molecule has 1 heteroatoms. The van der Waals surface area contributed by atoms with Gasteiger partial charge in [0.25, 0.3) is 0 Å². The molecule has 0 aromatic rings. The predicted molar refractivity (Wildman–Crippen MR) is 73.9 cm³/mol. The van der Waals surface area contributed by atoms with Crippen LogP contribution in [0.5, 0.6) is 0 Å². The van der Waals surface area contributed by atoms with Gasteiger partial charge in [-0.25, -0.2) is 0 Å². The highest BCUT2D eigenvalue weighted by molar-refractivity contribution is 6.20. The lowest BCUT2D eigenvalue weighted by atomic mass is 9.87. The number of halogens is 1. The SMILES string of the molecule is CC(C)/C=C(/C1=CCCC=C1)C(C)[C@@H](C)Cl. The summed E-state index contributed by atoms with van der Waals surface area (Å²) in [5.74, 6) is 0.988. The van der Waals surface area contributed by atoms with Crippen molar-refractivity contribution in [2.75, 3.05) is 0 Å². The summed E-state index contributed by atoms with van der Waals surface area (Å²) in [5.41, 5.74) is 2.79. The fourth-order valence-corrected chi connectivity index (χ4v) is 2.08. The third-order valence-corrected chi connectivity index (χ3v) is 3.40. The number of allylic oxidation sites excluding steroid dienone is 6. The molecular formula is C15H23Cl. The van der Waals surface area contributed by atoms with Gasteiger partial charge in [0.15, 0.2) is 0 Å². The van der Waals surface area contributed by atoms with Crippen LogP contribution in [0, 0.1) is 11.8 Å². The molecule has 0 spiro atoms. The third kappa shape index (κ3) is 3.83. The Morgan fingerprint density at radius 2 is 1.94 bits per heavy atom. The van der Waals surface area contributed by atoms with Crippen LogP contribution in [0.25, 0.3) is 0 Å². The molecule has 0 heterocycles. The van der Waals surface area contributed by atoms with E-state index in [9.17, 15) is 0 Å². The Morgan fingerprint density at radius 1 is 1.25 bits per heavy atom. The van der Waals surface area contributed by atoms with Gasteiger partial charge < -0.3 is 0 Å². The van der Waals surface area contributed by atoms with Crippen molar-refractivity contribution >= 4 is 11.6 Å². The molecule has 1 aliphatic carbocycles. The number of hydrogen-bond acceptors (Lipinski definition) is 0. The first-order valence-corrected chi connectivity index (χ1v) is 6.69. The smallest absolute Gasteiger partial charge is 0.0373 e. The van der Waals surface area contributed by atoms with Gasteiger partial charge in [-0.3, -0.25) is 0 Å². The second kappa shape index (κ2) is 6.30. The van der Waals surface area contributed by atoms with E-state index in [1.807, 2.05) is 0 Å². The average molecular weight is 239 g/mol. The zero-order valence-corrected chi connectivity index (χ0v) is 11.6. The Labute approximate surface area is 105 Å². The van der Waals surface area contributed by atoms with Gasteiger partial charge in [0, 0.05) is 5.38 Å². The van der Waals surface area contributed by atoms with Gasteiger partial charge in [-0.1, -0.05) is 45.1 Å². The highest BCUT2D eigenvalue weighted by atomic mass is 35.5. The number of rotatable bonds is 4. The lowest BCUT2D eigenvalue weighted by Crippen LogP contribution is -2.13. The Hall–Kier alpha value is -0.490. The summed E-state index contributed by atoms with van der Waals surface area (Å²) >= 11 is 6.23. The van der Waals surface area contributed by atoms with Crippen molar-refractivity contribution in [2.45, 2.75) is 45.9 Å². The summed E-state index contributed by atoms with van der Waals surface area (Å²) in [6, 6.07) is 0. The fourth-order valence-electron chi connectivity index (χ4n) is 1.94. The van der Waals surface area contributed by atoms with Crippen molar-refractivity contribution in [1.29, 1.82) is 0 Å². The lowest BCUT2D eigenvalue weighted by molar-refractivity contribution is 0.658. The van der Waals surface area contributed by atoms with E-state index in [-0.39, 0.29) is 5.38 Å². The summed E-state index contributed by atoms with van der Waals surface area (Å²) in [7, 11) is 0. The van der Waals surface area contributed by atoms with Crippen molar-refractivity contribution < 1.29 is 0 Å². The lowest BCUT2D eigenvalue weighted by Gasteiger charge is -2.22. The molecule has 0 amide bonds. The maximum Gasteiger partial charge on any atom is 0.0373 e. The Kier molecular flexibility index (Phi) is 5.34. The van der Waals surface area contributed by atoms with Gasteiger partial charge in [0.2, 0.25) is 0 Å². The van der Waals surface area contributed by atoms with E-state index in [4.69, 9.17) is 11.6 Å². The zero-order valence-electron chi connectivity index (χ0n) is 10.8. The number of hydrogen-bond donors (Lipinski definition) is 0. The number of alkyl halides is 1. The van der Waals surface area contributed by atoms with Gasteiger partial charge in [-0.15, -0.1) is 11.6 Å². The molecule has 0 nitrogen and oxygen atoms in total. The maximum absolute atomic E-state index is 6.23. The Balaban J connectivity index is 2.96. The molecule has 1 rings (SSSR count). The van der Waals surface area contributed by atoms with E-state index < -0.39 is 0 Å². The highest BCUT2D eigenvalue weighted by Gasteiger charge is 2.17. The summed E-state index contributed by atoms with van der Waals surface area (Å²) < 4.78 is 0. The highest BCUT2D eigenvalue weighted by Crippen LogP contribution is 2.29. The first kappa shape index (κ1) is 13.6. The molecule has 90 valence electrons. The fraction of sp³-hybridized carbons (Fsp3) is 0.600. The van der Waals surface area contributed by atoms with Crippen LogP contribution >= 0.6 is 11.6 Å². The second-order valence-corrected chi connectivity index (χ2v) is 5.66. The van der Waals surface area contributed by atoms with E-state index in [0.29, 0.717) is 11.8 Å². The molecule has 0 aromatic carbocycles. The molecule has 2 atom stereocenters. The quantitative estimate of drug-likeness (QED) is 0.597. The Bertz CT molecular complexity index is 305. The van der Waals surface area contributed by atoms with Gasteiger partial charge in [-0.2, -0.15) is 0 Å². The molecule has 0 saturated heterocycles. The average Bonchev–Trinajstić information content (AvgIpc) is 2.26. The molecule has 0 radical (unpaired) electrons. The van der Waals surface area contributed by atoms with Crippen molar-refractivity contribution in [3.8, 4) is 0 Å². The first-order chi connectivity index (χ1) is 7.52. The normalized spacial score (nSPS) is 20.9. The van der Waals surface area contributed by atoms with Crippen LogP contribution in [0.3, 0.4) is 0 Å². The molecule has 1 aliphatic rings. The minimum atomic E-state index is 0.182. The summed E-state index contributed by atoms with van der Waals surface area (Å²) in [6.45, 7) is 8.74. The van der Waals surface area contributed by atoms with Gasteiger partial charge >= 0.3 is 0 Å². The van der Waals surface area contributed by atoms with E-state index in [1.165, 1.54) is 17.6 Å². The Morgan fingerprint density at radius 3 is 2.38 bits per heavy atom. The van der Waals surface area contributed by atoms with Crippen LogP contribution < -0.4 is 0 Å². The largest absolute Gasteiger partial charge is 0.123 e. The van der Waals surface area contributed by atoms with Crippen LogP contribution in [-0.2, 0) is 0 Å². The van der Waals surface area contributed by atoms with Crippen LogP contribution in [-0.4, -0.2) is 5.38 Å². The molecule has 1 unspecified atom stereocenters. The van der Waals surface area contributed by atoms with Crippen molar-refractivity contribution in [3.63, 3.8) is 0 Å².